The van der Waals surface area contributed by atoms with Crippen LogP contribution in [-0.2, 0) is 4.79 Å². The van der Waals surface area contributed by atoms with Crippen molar-refractivity contribution in [3.63, 3.8) is 0 Å². The number of allylic oxidation sites excluding steroid dienone is 27. The van der Waals surface area contributed by atoms with Crippen LogP contribution in [0, 0.1) is 0 Å². The first-order chi connectivity index (χ1) is 40.7. The quantitative estimate of drug-likeness (QED) is 0.0420. The van der Waals surface area contributed by atoms with Gasteiger partial charge in [0.25, 0.3) is 0 Å². The molecule has 0 bridgehead atoms. The Labute approximate surface area is 508 Å². The molecule has 1 amide bonds. The van der Waals surface area contributed by atoms with Gasteiger partial charge < -0.3 is 15.5 Å². The summed E-state index contributed by atoms with van der Waals surface area (Å²) in [7, 11) is 0. The fraction of sp³-hybridized carbons (Fsp3) is 0.628. The van der Waals surface area contributed by atoms with Crippen LogP contribution in [0.2, 0.25) is 0 Å². The van der Waals surface area contributed by atoms with E-state index in [-0.39, 0.29) is 12.5 Å². The number of carbonyl (C=O) groups is 1. The molecule has 0 saturated carbocycles. The summed E-state index contributed by atoms with van der Waals surface area (Å²) in [6.07, 6.45) is 114. The van der Waals surface area contributed by atoms with Crippen molar-refractivity contribution in [1.82, 2.24) is 5.32 Å². The number of aliphatic hydroxyl groups is 2. The molecule has 0 aromatic heterocycles. The third-order valence-electron chi connectivity index (χ3n) is 14.7. The van der Waals surface area contributed by atoms with Crippen LogP contribution in [-0.4, -0.2) is 34.9 Å². The van der Waals surface area contributed by atoms with Crippen molar-refractivity contribution in [1.29, 1.82) is 0 Å². The van der Waals surface area contributed by atoms with Crippen LogP contribution in [0.4, 0.5) is 0 Å². The monoisotopic (exact) mass is 1130 g/mol. The molecule has 0 aromatic carbocycles. The molecule has 4 heteroatoms. The van der Waals surface area contributed by atoms with Gasteiger partial charge in [0, 0.05) is 6.42 Å². The Kier molecular flexibility index (Phi) is 67.3. The lowest BCUT2D eigenvalue weighted by Crippen LogP contribution is -2.45. The first kappa shape index (κ1) is 77.8. The van der Waals surface area contributed by atoms with Crippen molar-refractivity contribution >= 4 is 5.91 Å². The van der Waals surface area contributed by atoms with Gasteiger partial charge in [0.15, 0.2) is 0 Å². The molecule has 4 nitrogen and oxygen atoms in total. The number of aliphatic hydroxyl groups excluding tert-OH is 2. The zero-order valence-electron chi connectivity index (χ0n) is 53.4. The number of amides is 1. The number of carbonyl (C=O) groups excluding carboxylic acids is 1. The van der Waals surface area contributed by atoms with Gasteiger partial charge in [-0.3, -0.25) is 4.79 Å². The Morgan fingerprint density at radius 2 is 0.549 bits per heavy atom. The van der Waals surface area contributed by atoms with E-state index in [1.165, 1.54) is 154 Å². The molecule has 0 aliphatic heterocycles. The van der Waals surface area contributed by atoms with Crippen LogP contribution in [0.5, 0.6) is 0 Å². The molecule has 3 N–H and O–H groups in total. The zero-order valence-corrected chi connectivity index (χ0v) is 53.4. The molecular formula is C78H129NO3. The molecule has 464 valence electrons. The highest BCUT2D eigenvalue weighted by atomic mass is 16.3. The van der Waals surface area contributed by atoms with Crippen LogP contribution in [0.15, 0.2) is 170 Å². The van der Waals surface area contributed by atoms with E-state index >= 15 is 0 Å². The zero-order chi connectivity index (χ0) is 59.1. The normalized spacial score (nSPS) is 13.9. The highest BCUT2D eigenvalue weighted by molar-refractivity contribution is 5.76. The van der Waals surface area contributed by atoms with E-state index < -0.39 is 12.1 Å². The maximum atomic E-state index is 12.5. The molecule has 0 fully saturated rings. The summed E-state index contributed by atoms with van der Waals surface area (Å²) in [5.74, 6) is -0.115. The molecule has 0 saturated heterocycles. The van der Waals surface area contributed by atoms with E-state index in [4.69, 9.17) is 0 Å². The number of hydrogen-bond donors (Lipinski definition) is 3. The molecule has 0 aromatic rings. The second-order valence-electron chi connectivity index (χ2n) is 22.5. The van der Waals surface area contributed by atoms with Crippen LogP contribution >= 0.6 is 0 Å². The van der Waals surface area contributed by atoms with E-state index in [9.17, 15) is 15.0 Å². The highest BCUT2D eigenvalue weighted by Gasteiger charge is 2.18. The van der Waals surface area contributed by atoms with Gasteiger partial charge in [0.05, 0.1) is 18.8 Å². The van der Waals surface area contributed by atoms with E-state index in [1.807, 2.05) is 6.08 Å². The van der Waals surface area contributed by atoms with Gasteiger partial charge in [-0.15, -0.1) is 0 Å². The van der Waals surface area contributed by atoms with Crippen LogP contribution in [0.25, 0.3) is 0 Å². The first-order valence-corrected chi connectivity index (χ1v) is 34.3. The van der Waals surface area contributed by atoms with Gasteiger partial charge >= 0.3 is 0 Å². The maximum Gasteiger partial charge on any atom is 0.220 e. The lowest BCUT2D eigenvalue weighted by molar-refractivity contribution is -0.123. The molecule has 0 radical (unpaired) electrons. The molecule has 2 atom stereocenters. The van der Waals surface area contributed by atoms with E-state index in [1.54, 1.807) is 6.08 Å². The smallest absolute Gasteiger partial charge is 0.220 e. The molecule has 82 heavy (non-hydrogen) atoms. The Morgan fingerprint density at radius 1 is 0.305 bits per heavy atom. The van der Waals surface area contributed by atoms with Gasteiger partial charge in [-0.25, -0.2) is 0 Å². The van der Waals surface area contributed by atoms with Gasteiger partial charge in [-0.05, 0) is 128 Å². The largest absolute Gasteiger partial charge is 0.394 e. The van der Waals surface area contributed by atoms with Gasteiger partial charge in [-0.2, -0.15) is 0 Å². The number of unbranched alkanes of at least 4 members (excludes halogenated alkanes) is 28. The Bertz CT molecular complexity index is 1760. The van der Waals surface area contributed by atoms with E-state index in [0.717, 1.165) is 122 Å². The minimum Gasteiger partial charge on any atom is -0.394 e. The Morgan fingerprint density at radius 3 is 0.854 bits per heavy atom. The second-order valence-corrected chi connectivity index (χ2v) is 22.5. The number of nitrogens with one attached hydrogen (secondary N) is 1. The maximum absolute atomic E-state index is 12.5. The lowest BCUT2D eigenvalue weighted by atomic mass is 10.0. The van der Waals surface area contributed by atoms with Crippen LogP contribution < -0.4 is 5.32 Å². The first-order valence-electron chi connectivity index (χ1n) is 34.3. The van der Waals surface area contributed by atoms with Crippen LogP contribution in [0.1, 0.15) is 296 Å². The average molecular weight is 1130 g/mol. The van der Waals surface area contributed by atoms with Crippen molar-refractivity contribution in [3.05, 3.63) is 170 Å². The molecule has 0 spiro atoms. The summed E-state index contributed by atoms with van der Waals surface area (Å²) in [6.45, 7) is 4.18. The minimum absolute atomic E-state index is 0.115. The van der Waals surface area contributed by atoms with Crippen molar-refractivity contribution in [2.75, 3.05) is 6.61 Å². The van der Waals surface area contributed by atoms with Crippen LogP contribution in [0.3, 0.4) is 0 Å². The SMILES string of the molecule is CC/C=C\C/C=C\C/C=C\C/C=C\C/C=C\C/C=C\C/C=C\C/C=C\C/C=C\C/C=C\C/C=C\CCCCCC(=O)NC(CO)C(O)/C=C/CC/C=C/CC/C=C/CCCCCCCCCCCCCCCCCCCCCCCCC. The second kappa shape index (κ2) is 71.0. The summed E-state index contributed by atoms with van der Waals surface area (Å²) in [6, 6.07) is -0.679. The van der Waals surface area contributed by atoms with Crippen molar-refractivity contribution < 1.29 is 15.0 Å². The third-order valence-corrected chi connectivity index (χ3v) is 14.7. The van der Waals surface area contributed by atoms with E-state index in [0.29, 0.717) is 6.42 Å². The molecule has 0 heterocycles. The van der Waals surface area contributed by atoms with Gasteiger partial charge in [0.2, 0.25) is 5.91 Å². The predicted octanol–water partition coefficient (Wildman–Crippen LogP) is 23.8. The van der Waals surface area contributed by atoms with Crippen molar-refractivity contribution in [3.8, 4) is 0 Å². The Balaban J connectivity index is 3.68. The standard InChI is InChI=1S/C78H129NO3/c1-3-5-7-9-11-13-15-17-19-21-23-25-27-29-31-33-35-37-38-39-40-42-44-46-48-50-52-54-56-58-60-62-64-66-68-70-72-74-78(82)79-76(75-80)77(81)73-71-69-67-65-63-61-59-57-55-53-51-49-47-45-43-41-36-34-32-30-28-26-24-22-20-18-16-14-12-10-8-6-4-2/h5,7,11,13,17,19,23,25,29,31,35,37,39-40,44,46,50,52,55-58,62-65,71,73,76-77,80-81H,3-4,6,8-10,12,14-16,18,20-22,24,26-28,30,32-34,36,38,41-43,45,47-49,51,53-54,59-61,66-70,72,74-75H2,1-2H3,(H,79,82)/b7-5-,13-11-,19-17-,25-23-,31-29-,37-35-,40-39-,46-44-,52-50-,57-55+,58-56-,64-62-,65-63+,73-71+. The summed E-state index contributed by atoms with van der Waals surface area (Å²) >= 11 is 0. The summed E-state index contributed by atoms with van der Waals surface area (Å²) in [5, 5.41) is 23.2. The topological polar surface area (TPSA) is 69.6 Å². The van der Waals surface area contributed by atoms with E-state index in [2.05, 4.69) is 177 Å². The molecular weight excluding hydrogens is 999 g/mol. The average Bonchev–Trinajstić information content (AvgIpc) is 3.50. The summed E-state index contributed by atoms with van der Waals surface area (Å²) in [5.41, 5.74) is 0. The molecule has 0 rings (SSSR count). The molecule has 0 aliphatic carbocycles. The highest BCUT2D eigenvalue weighted by Crippen LogP contribution is 2.16. The number of hydrogen-bond acceptors (Lipinski definition) is 3. The Hall–Kier alpha value is -4.25. The predicted molar refractivity (Wildman–Crippen MR) is 367 cm³/mol. The van der Waals surface area contributed by atoms with Crippen molar-refractivity contribution in [2.24, 2.45) is 0 Å². The third kappa shape index (κ3) is 66.5. The minimum atomic E-state index is -0.900. The number of rotatable bonds is 61. The summed E-state index contributed by atoms with van der Waals surface area (Å²) in [4.78, 5) is 12.5. The molecule has 0 aliphatic rings. The fourth-order valence-corrected chi connectivity index (χ4v) is 9.51. The molecule has 2 unspecified atom stereocenters. The lowest BCUT2D eigenvalue weighted by Gasteiger charge is -2.19. The van der Waals surface area contributed by atoms with Gasteiger partial charge in [0.1, 0.15) is 0 Å². The fourth-order valence-electron chi connectivity index (χ4n) is 9.51. The van der Waals surface area contributed by atoms with Crippen molar-refractivity contribution in [2.45, 2.75) is 309 Å². The van der Waals surface area contributed by atoms with Gasteiger partial charge in [-0.1, -0.05) is 332 Å². The summed E-state index contributed by atoms with van der Waals surface area (Å²) < 4.78 is 0.